The molecule has 0 atom stereocenters. The molecule has 25 heavy (non-hydrogen) atoms. The molecule has 0 spiro atoms. The van der Waals surface area contributed by atoms with Gasteiger partial charge in [0.1, 0.15) is 12.4 Å². The SMILES string of the molecule is O=C1CS/C(=N\N=Cc2cccc(OCc3ccc(Cl)c(Cl)c3)c2)N1. The Labute approximate surface area is 159 Å². The molecule has 1 fully saturated rings. The maximum absolute atomic E-state index is 11.1. The topological polar surface area (TPSA) is 63.0 Å². The first-order valence-electron chi connectivity index (χ1n) is 7.30. The summed E-state index contributed by atoms with van der Waals surface area (Å²) in [6.07, 6.45) is 1.60. The number of nitrogens with one attached hydrogen (secondary N) is 1. The fourth-order valence-electron chi connectivity index (χ4n) is 2.01. The summed E-state index contributed by atoms with van der Waals surface area (Å²) in [5.41, 5.74) is 1.76. The number of halogens is 2. The normalized spacial score (nSPS) is 15.8. The van der Waals surface area contributed by atoms with E-state index >= 15 is 0 Å². The smallest absolute Gasteiger partial charge is 0.236 e. The Bertz CT molecular complexity index is 856. The van der Waals surface area contributed by atoms with Crippen molar-refractivity contribution >= 4 is 52.3 Å². The number of hydrogen-bond donors (Lipinski definition) is 1. The van der Waals surface area contributed by atoms with Gasteiger partial charge in [-0.15, -0.1) is 5.10 Å². The number of nitrogens with zero attached hydrogens (tertiary/aromatic N) is 2. The molecule has 1 saturated heterocycles. The minimum atomic E-state index is -0.0587. The van der Waals surface area contributed by atoms with Crippen LogP contribution in [0.25, 0.3) is 0 Å². The molecule has 1 amide bonds. The van der Waals surface area contributed by atoms with E-state index in [1.807, 2.05) is 30.3 Å². The molecule has 8 heteroatoms. The lowest BCUT2D eigenvalue weighted by Gasteiger charge is -2.07. The number of benzene rings is 2. The van der Waals surface area contributed by atoms with E-state index < -0.39 is 0 Å². The first kappa shape index (κ1) is 17.8. The summed E-state index contributed by atoms with van der Waals surface area (Å²) in [5.74, 6) is 1.02. The average Bonchev–Trinajstić information content (AvgIpc) is 3.02. The van der Waals surface area contributed by atoms with E-state index in [1.165, 1.54) is 11.8 Å². The van der Waals surface area contributed by atoms with E-state index in [-0.39, 0.29) is 5.91 Å². The lowest BCUT2D eigenvalue weighted by Crippen LogP contribution is -2.19. The maximum atomic E-state index is 11.1. The van der Waals surface area contributed by atoms with Crippen molar-refractivity contribution in [3.05, 3.63) is 63.6 Å². The molecule has 1 heterocycles. The second kappa shape index (κ2) is 8.38. The molecule has 1 N–H and O–H groups in total. The molecular weight excluding hydrogens is 381 g/mol. The van der Waals surface area contributed by atoms with Gasteiger partial charge in [0.2, 0.25) is 5.91 Å². The van der Waals surface area contributed by atoms with Crippen molar-refractivity contribution in [1.29, 1.82) is 0 Å². The highest BCUT2D eigenvalue weighted by atomic mass is 35.5. The molecule has 1 aliphatic heterocycles. The third-order valence-electron chi connectivity index (χ3n) is 3.19. The van der Waals surface area contributed by atoms with Gasteiger partial charge in [0.05, 0.1) is 22.0 Å². The van der Waals surface area contributed by atoms with Crippen LogP contribution in [-0.4, -0.2) is 23.0 Å². The number of amidine groups is 1. The molecule has 0 saturated carbocycles. The van der Waals surface area contributed by atoms with Crippen molar-refractivity contribution in [1.82, 2.24) is 5.32 Å². The second-order valence-corrected chi connectivity index (χ2v) is 6.87. The first-order chi connectivity index (χ1) is 12.1. The molecule has 128 valence electrons. The van der Waals surface area contributed by atoms with Gasteiger partial charge in [0.15, 0.2) is 5.17 Å². The number of ether oxygens (including phenoxy) is 1. The highest BCUT2D eigenvalue weighted by molar-refractivity contribution is 8.15. The van der Waals surface area contributed by atoms with E-state index in [0.29, 0.717) is 33.3 Å². The van der Waals surface area contributed by atoms with Crippen LogP contribution >= 0.6 is 35.0 Å². The summed E-state index contributed by atoms with van der Waals surface area (Å²) < 4.78 is 5.76. The Balaban J connectivity index is 1.61. The maximum Gasteiger partial charge on any atom is 0.236 e. The van der Waals surface area contributed by atoms with E-state index in [9.17, 15) is 4.79 Å². The molecular formula is C17H13Cl2N3O2S. The van der Waals surface area contributed by atoms with Crippen LogP contribution in [0.15, 0.2) is 52.7 Å². The van der Waals surface area contributed by atoms with Crippen LogP contribution in [0.4, 0.5) is 0 Å². The Morgan fingerprint density at radius 2 is 2.08 bits per heavy atom. The summed E-state index contributed by atoms with van der Waals surface area (Å²) in [5, 5.41) is 12.1. The van der Waals surface area contributed by atoms with Crippen molar-refractivity contribution < 1.29 is 9.53 Å². The molecule has 2 aromatic rings. The minimum Gasteiger partial charge on any atom is -0.489 e. The lowest BCUT2D eigenvalue weighted by atomic mass is 10.2. The third kappa shape index (κ3) is 5.22. The predicted octanol–water partition coefficient (Wildman–Crippen LogP) is 4.13. The fourth-order valence-corrected chi connectivity index (χ4v) is 2.96. The first-order valence-corrected chi connectivity index (χ1v) is 9.05. The van der Waals surface area contributed by atoms with Crippen molar-refractivity contribution in [3.8, 4) is 5.75 Å². The molecule has 1 aliphatic rings. The largest absolute Gasteiger partial charge is 0.489 e. The minimum absolute atomic E-state index is 0.0587. The monoisotopic (exact) mass is 393 g/mol. The Hall–Kier alpha value is -2.02. The van der Waals surface area contributed by atoms with Gasteiger partial charge >= 0.3 is 0 Å². The van der Waals surface area contributed by atoms with Gasteiger partial charge < -0.3 is 10.1 Å². The summed E-state index contributed by atoms with van der Waals surface area (Å²) in [6, 6.07) is 12.8. The van der Waals surface area contributed by atoms with Crippen molar-refractivity contribution in [3.63, 3.8) is 0 Å². The van der Waals surface area contributed by atoms with Gasteiger partial charge in [0.25, 0.3) is 0 Å². The summed E-state index contributed by atoms with van der Waals surface area (Å²) in [6.45, 7) is 0.377. The van der Waals surface area contributed by atoms with E-state index in [0.717, 1.165) is 11.1 Å². The van der Waals surface area contributed by atoms with Crippen LogP contribution in [0.5, 0.6) is 5.75 Å². The van der Waals surface area contributed by atoms with Crippen molar-refractivity contribution in [2.75, 3.05) is 5.75 Å². The van der Waals surface area contributed by atoms with Gasteiger partial charge in [-0.2, -0.15) is 5.10 Å². The highest BCUT2D eigenvalue weighted by Gasteiger charge is 2.15. The zero-order valence-electron chi connectivity index (χ0n) is 12.9. The summed E-state index contributed by atoms with van der Waals surface area (Å²) in [4.78, 5) is 11.1. The number of hydrogen-bond acceptors (Lipinski definition) is 5. The van der Waals surface area contributed by atoms with Gasteiger partial charge in [-0.25, -0.2) is 0 Å². The molecule has 0 bridgehead atoms. The van der Waals surface area contributed by atoms with Crippen LogP contribution in [0.2, 0.25) is 10.0 Å². The fraction of sp³-hybridized carbons (Fsp3) is 0.118. The molecule has 2 aromatic carbocycles. The number of thioether (sulfide) groups is 1. The van der Waals surface area contributed by atoms with Crippen LogP contribution in [0, 0.1) is 0 Å². The predicted molar refractivity (Wildman–Crippen MR) is 103 cm³/mol. The van der Waals surface area contributed by atoms with Crippen molar-refractivity contribution in [2.24, 2.45) is 10.2 Å². The van der Waals surface area contributed by atoms with E-state index in [2.05, 4.69) is 15.5 Å². The van der Waals surface area contributed by atoms with Crippen LogP contribution < -0.4 is 10.1 Å². The average molecular weight is 394 g/mol. The molecule has 0 aliphatic carbocycles. The molecule has 5 nitrogen and oxygen atoms in total. The zero-order chi connectivity index (χ0) is 17.6. The van der Waals surface area contributed by atoms with Crippen LogP contribution in [0.3, 0.4) is 0 Å². The lowest BCUT2D eigenvalue weighted by molar-refractivity contribution is -0.116. The number of carbonyl (C=O) groups excluding carboxylic acids is 1. The summed E-state index contributed by atoms with van der Waals surface area (Å²) >= 11 is 13.2. The molecule has 0 aromatic heterocycles. The number of amides is 1. The Morgan fingerprint density at radius 3 is 2.84 bits per heavy atom. The Kier molecular flexibility index (Phi) is 5.96. The highest BCUT2D eigenvalue weighted by Crippen LogP contribution is 2.23. The van der Waals surface area contributed by atoms with E-state index in [4.69, 9.17) is 27.9 Å². The van der Waals surface area contributed by atoms with Gasteiger partial charge in [-0.05, 0) is 35.4 Å². The second-order valence-electron chi connectivity index (χ2n) is 5.10. The Morgan fingerprint density at radius 1 is 1.20 bits per heavy atom. The van der Waals surface area contributed by atoms with Gasteiger partial charge in [0, 0.05) is 0 Å². The van der Waals surface area contributed by atoms with Crippen molar-refractivity contribution in [2.45, 2.75) is 6.61 Å². The molecule has 0 radical (unpaired) electrons. The van der Waals surface area contributed by atoms with Gasteiger partial charge in [-0.1, -0.05) is 53.2 Å². The number of rotatable bonds is 5. The standard InChI is InChI=1S/C17H13Cl2N3O2S/c18-14-5-4-12(7-15(14)19)9-24-13-3-1-2-11(6-13)8-20-22-17-21-16(23)10-25-17/h1-8H,9-10H2,(H,21,22,23). The summed E-state index contributed by atoms with van der Waals surface area (Å²) in [7, 11) is 0. The zero-order valence-corrected chi connectivity index (χ0v) is 15.2. The van der Waals surface area contributed by atoms with Crippen LogP contribution in [-0.2, 0) is 11.4 Å². The van der Waals surface area contributed by atoms with Gasteiger partial charge in [-0.3, -0.25) is 4.79 Å². The number of carbonyl (C=O) groups is 1. The quantitative estimate of drug-likeness (QED) is 0.613. The third-order valence-corrected chi connectivity index (χ3v) is 4.79. The van der Waals surface area contributed by atoms with E-state index in [1.54, 1.807) is 18.3 Å². The van der Waals surface area contributed by atoms with Crippen LogP contribution in [0.1, 0.15) is 11.1 Å². The molecule has 3 rings (SSSR count). The molecule has 0 unspecified atom stereocenters.